The van der Waals surface area contributed by atoms with E-state index in [0.717, 1.165) is 6.42 Å². The van der Waals surface area contributed by atoms with Crippen LogP contribution in [0.2, 0.25) is 0 Å². The molecule has 2 heteroatoms. The van der Waals surface area contributed by atoms with Gasteiger partial charge in [0.15, 0.2) is 0 Å². The molecule has 0 aliphatic heterocycles. The molecule has 0 saturated carbocycles. The SMILES string of the molecule is CCC(CC(Br)Br)c1ccccc1. The van der Waals surface area contributed by atoms with Crippen LogP contribution in [0.4, 0.5) is 0 Å². The number of hydrogen-bond acceptors (Lipinski definition) is 0. The van der Waals surface area contributed by atoms with Gasteiger partial charge in [-0.05, 0) is 24.3 Å². The van der Waals surface area contributed by atoms with Crippen molar-refractivity contribution in [2.75, 3.05) is 0 Å². The van der Waals surface area contributed by atoms with E-state index in [1.165, 1.54) is 12.0 Å². The van der Waals surface area contributed by atoms with Crippen molar-refractivity contribution in [3.05, 3.63) is 35.9 Å². The highest BCUT2D eigenvalue weighted by Crippen LogP contribution is 2.29. The molecule has 1 aromatic carbocycles. The van der Waals surface area contributed by atoms with Gasteiger partial charge in [-0.3, -0.25) is 0 Å². The van der Waals surface area contributed by atoms with E-state index in [1.54, 1.807) is 0 Å². The van der Waals surface area contributed by atoms with E-state index in [9.17, 15) is 0 Å². The van der Waals surface area contributed by atoms with Crippen LogP contribution in [-0.2, 0) is 0 Å². The molecule has 0 radical (unpaired) electrons. The lowest BCUT2D eigenvalue weighted by atomic mass is 9.94. The highest BCUT2D eigenvalue weighted by atomic mass is 79.9. The molecule has 1 aromatic rings. The molecule has 0 aliphatic carbocycles. The van der Waals surface area contributed by atoms with Gasteiger partial charge in [0.25, 0.3) is 0 Å². The average Bonchev–Trinajstić information content (AvgIpc) is 2.15. The molecule has 0 bridgehead atoms. The first-order chi connectivity index (χ1) is 6.24. The summed E-state index contributed by atoms with van der Waals surface area (Å²) in [6, 6.07) is 10.7. The lowest BCUT2D eigenvalue weighted by Crippen LogP contribution is -2.01. The van der Waals surface area contributed by atoms with Crippen LogP contribution in [-0.4, -0.2) is 3.74 Å². The molecule has 0 spiro atoms. The van der Waals surface area contributed by atoms with Crippen LogP contribution >= 0.6 is 31.9 Å². The summed E-state index contributed by atoms with van der Waals surface area (Å²) in [5, 5.41) is 0. The normalized spacial score (nSPS) is 13.2. The predicted molar refractivity (Wildman–Crippen MR) is 65.7 cm³/mol. The first-order valence-corrected chi connectivity index (χ1v) is 6.40. The monoisotopic (exact) mass is 304 g/mol. The molecule has 0 heterocycles. The molecule has 0 aromatic heterocycles. The predicted octanol–water partition coefficient (Wildman–Crippen LogP) is 4.69. The van der Waals surface area contributed by atoms with Crippen molar-refractivity contribution in [2.45, 2.75) is 29.4 Å². The molecule has 13 heavy (non-hydrogen) atoms. The third-order valence-electron chi connectivity index (χ3n) is 2.23. The van der Waals surface area contributed by atoms with Crippen LogP contribution < -0.4 is 0 Å². The Labute approximate surface area is 97.0 Å². The van der Waals surface area contributed by atoms with Crippen LogP contribution in [0.15, 0.2) is 30.3 Å². The number of halogens is 2. The van der Waals surface area contributed by atoms with Crippen LogP contribution in [0, 0.1) is 0 Å². The zero-order valence-electron chi connectivity index (χ0n) is 7.71. The van der Waals surface area contributed by atoms with Crippen LogP contribution in [0.3, 0.4) is 0 Å². The van der Waals surface area contributed by atoms with Crippen molar-refractivity contribution in [1.82, 2.24) is 0 Å². The third-order valence-corrected chi connectivity index (χ3v) is 2.97. The summed E-state index contributed by atoms with van der Waals surface area (Å²) in [7, 11) is 0. The maximum atomic E-state index is 3.53. The largest absolute Gasteiger partial charge is 0.0765 e. The van der Waals surface area contributed by atoms with Crippen LogP contribution in [0.5, 0.6) is 0 Å². The highest BCUT2D eigenvalue weighted by molar-refractivity contribution is 9.24. The van der Waals surface area contributed by atoms with E-state index in [1.807, 2.05) is 0 Å². The maximum absolute atomic E-state index is 3.53. The van der Waals surface area contributed by atoms with Gasteiger partial charge in [-0.15, -0.1) is 0 Å². The number of hydrogen-bond donors (Lipinski definition) is 0. The summed E-state index contributed by atoms with van der Waals surface area (Å²) in [6.07, 6.45) is 2.33. The lowest BCUT2D eigenvalue weighted by molar-refractivity contribution is 0.641. The minimum Gasteiger partial charge on any atom is -0.0765 e. The van der Waals surface area contributed by atoms with Gasteiger partial charge in [-0.1, -0.05) is 69.1 Å². The molecule has 0 N–H and O–H groups in total. The molecule has 1 rings (SSSR count). The Kier molecular flexibility index (Phi) is 5.04. The Morgan fingerprint density at radius 2 is 1.77 bits per heavy atom. The fourth-order valence-corrected chi connectivity index (χ4v) is 2.38. The Morgan fingerprint density at radius 1 is 1.15 bits per heavy atom. The Balaban J connectivity index is 2.67. The molecule has 0 fully saturated rings. The van der Waals surface area contributed by atoms with Gasteiger partial charge >= 0.3 is 0 Å². The van der Waals surface area contributed by atoms with Crippen LogP contribution in [0.25, 0.3) is 0 Å². The zero-order valence-corrected chi connectivity index (χ0v) is 10.9. The van der Waals surface area contributed by atoms with Crippen LogP contribution in [0.1, 0.15) is 31.2 Å². The van der Waals surface area contributed by atoms with Crippen molar-refractivity contribution in [1.29, 1.82) is 0 Å². The second-order valence-corrected chi connectivity index (χ2v) is 6.58. The van der Waals surface area contributed by atoms with E-state index in [2.05, 4.69) is 69.1 Å². The van der Waals surface area contributed by atoms with Crippen molar-refractivity contribution in [3.63, 3.8) is 0 Å². The minimum atomic E-state index is 0.421. The summed E-state index contributed by atoms with van der Waals surface area (Å²) in [5.41, 5.74) is 1.44. The number of rotatable bonds is 4. The Bertz CT molecular complexity index is 231. The second-order valence-electron chi connectivity index (χ2n) is 3.14. The van der Waals surface area contributed by atoms with Gasteiger partial charge in [0, 0.05) is 0 Å². The standard InChI is InChI=1S/C11H14Br2/c1-2-9(8-11(12)13)10-6-4-3-5-7-10/h3-7,9,11H,2,8H2,1H3. The van der Waals surface area contributed by atoms with Gasteiger partial charge in [0.1, 0.15) is 0 Å². The first-order valence-electron chi connectivity index (χ1n) is 4.57. The summed E-state index contributed by atoms with van der Waals surface area (Å²) in [6.45, 7) is 2.24. The lowest BCUT2D eigenvalue weighted by Gasteiger charge is -2.15. The fraction of sp³-hybridized carbons (Fsp3) is 0.455. The van der Waals surface area contributed by atoms with Gasteiger partial charge in [0.2, 0.25) is 0 Å². The molecular weight excluding hydrogens is 292 g/mol. The summed E-state index contributed by atoms with van der Waals surface area (Å²) in [5.74, 6) is 0.657. The Morgan fingerprint density at radius 3 is 2.23 bits per heavy atom. The molecule has 0 amide bonds. The minimum absolute atomic E-state index is 0.421. The summed E-state index contributed by atoms with van der Waals surface area (Å²) in [4.78, 5) is 0. The maximum Gasteiger partial charge on any atom is 0.0703 e. The molecule has 0 saturated heterocycles. The van der Waals surface area contributed by atoms with Gasteiger partial charge < -0.3 is 0 Å². The van der Waals surface area contributed by atoms with Crippen molar-refractivity contribution in [2.24, 2.45) is 0 Å². The molecule has 1 unspecified atom stereocenters. The second kappa shape index (κ2) is 5.82. The van der Waals surface area contributed by atoms with Crippen molar-refractivity contribution >= 4 is 31.9 Å². The van der Waals surface area contributed by atoms with Gasteiger partial charge in [0.05, 0.1) is 3.74 Å². The average molecular weight is 306 g/mol. The smallest absolute Gasteiger partial charge is 0.0703 e. The van der Waals surface area contributed by atoms with Crippen molar-refractivity contribution < 1.29 is 0 Å². The molecule has 0 aliphatic rings. The molecule has 0 nitrogen and oxygen atoms in total. The highest BCUT2D eigenvalue weighted by Gasteiger charge is 2.11. The Hall–Kier alpha value is 0.180. The zero-order chi connectivity index (χ0) is 9.68. The first kappa shape index (κ1) is 11.3. The molecular formula is C11H14Br2. The van der Waals surface area contributed by atoms with E-state index >= 15 is 0 Å². The number of alkyl halides is 2. The van der Waals surface area contributed by atoms with Gasteiger partial charge in [-0.25, -0.2) is 0 Å². The fourth-order valence-electron chi connectivity index (χ4n) is 1.48. The molecule has 1 atom stereocenters. The summed E-state index contributed by atoms with van der Waals surface area (Å²) < 4.78 is 0.421. The van der Waals surface area contributed by atoms with Gasteiger partial charge in [-0.2, -0.15) is 0 Å². The molecule has 72 valence electrons. The van der Waals surface area contributed by atoms with E-state index < -0.39 is 0 Å². The third kappa shape index (κ3) is 3.82. The van der Waals surface area contributed by atoms with E-state index in [0.29, 0.717) is 9.65 Å². The quantitative estimate of drug-likeness (QED) is 0.708. The number of benzene rings is 1. The topological polar surface area (TPSA) is 0 Å². The van der Waals surface area contributed by atoms with Crippen molar-refractivity contribution in [3.8, 4) is 0 Å². The van der Waals surface area contributed by atoms with E-state index in [-0.39, 0.29) is 0 Å². The van der Waals surface area contributed by atoms with E-state index in [4.69, 9.17) is 0 Å². The summed E-state index contributed by atoms with van der Waals surface area (Å²) >= 11 is 7.06.